The third kappa shape index (κ3) is 2.96. The molecule has 7 nitrogen and oxygen atoms in total. The number of nitrogens with zero attached hydrogens (tertiary/aromatic N) is 6. The molecule has 0 radical (unpaired) electrons. The minimum absolute atomic E-state index is 0.00886. The third-order valence-corrected chi connectivity index (χ3v) is 3.44. The van der Waals surface area contributed by atoms with Crippen molar-refractivity contribution in [2.24, 2.45) is 7.05 Å². The summed E-state index contributed by atoms with van der Waals surface area (Å²) in [7, 11) is 1.83. The Kier molecular flexibility index (Phi) is 3.66. The van der Waals surface area contributed by atoms with Crippen LogP contribution in [0.1, 0.15) is 24.4 Å². The fourth-order valence-electron chi connectivity index (χ4n) is 2.28. The molecule has 10 heteroatoms. The minimum atomic E-state index is -4.49. The zero-order valence-electron chi connectivity index (χ0n) is 12.4. The molecule has 0 aliphatic heterocycles. The second-order valence-corrected chi connectivity index (χ2v) is 5.21. The maximum atomic E-state index is 12.8. The van der Waals surface area contributed by atoms with Crippen molar-refractivity contribution in [2.75, 3.05) is 11.9 Å². The van der Waals surface area contributed by atoms with Crippen LogP contribution in [-0.2, 0) is 13.2 Å². The summed E-state index contributed by atoms with van der Waals surface area (Å²) in [6.07, 6.45) is -0.121. The predicted molar refractivity (Wildman–Crippen MR) is 75.9 cm³/mol. The van der Waals surface area contributed by atoms with Crippen LogP contribution in [-0.4, -0.2) is 35.9 Å². The van der Waals surface area contributed by atoms with E-state index in [-0.39, 0.29) is 11.4 Å². The SMILES string of the molecule is CC(CNc1nccn2nc(C(F)(F)F)cc12)c1nncn1C. The molecule has 3 aromatic rings. The van der Waals surface area contributed by atoms with Crippen molar-refractivity contribution in [1.82, 2.24) is 29.4 Å². The van der Waals surface area contributed by atoms with Gasteiger partial charge in [0.05, 0.1) is 0 Å². The van der Waals surface area contributed by atoms with Gasteiger partial charge in [0, 0.05) is 38.0 Å². The van der Waals surface area contributed by atoms with Crippen LogP contribution < -0.4 is 5.32 Å². The highest BCUT2D eigenvalue weighted by Gasteiger charge is 2.34. The summed E-state index contributed by atoms with van der Waals surface area (Å²) in [6, 6.07) is 0.975. The van der Waals surface area contributed by atoms with Gasteiger partial charge in [0.2, 0.25) is 0 Å². The summed E-state index contributed by atoms with van der Waals surface area (Å²) >= 11 is 0. The molecule has 0 saturated heterocycles. The minimum Gasteiger partial charge on any atom is -0.368 e. The molecule has 0 aromatic carbocycles. The molecule has 1 unspecified atom stereocenters. The van der Waals surface area contributed by atoms with Crippen LogP contribution in [0.25, 0.3) is 5.52 Å². The Labute approximate surface area is 129 Å². The fraction of sp³-hybridized carbons (Fsp3) is 0.385. The highest BCUT2D eigenvalue weighted by atomic mass is 19.4. The molecule has 0 fully saturated rings. The summed E-state index contributed by atoms with van der Waals surface area (Å²) in [5.41, 5.74) is -0.681. The van der Waals surface area contributed by atoms with Crippen molar-refractivity contribution in [1.29, 1.82) is 0 Å². The molecule has 0 bridgehead atoms. The first-order valence-electron chi connectivity index (χ1n) is 6.85. The first kappa shape index (κ1) is 15.3. The summed E-state index contributed by atoms with van der Waals surface area (Å²) in [5.74, 6) is 1.12. The van der Waals surface area contributed by atoms with Gasteiger partial charge in [0.15, 0.2) is 11.5 Å². The highest BCUT2D eigenvalue weighted by Crippen LogP contribution is 2.30. The molecule has 3 aromatic heterocycles. The molecule has 1 N–H and O–H groups in total. The van der Waals surface area contributed by atoms with Gasteiger partial charge < -0.3 is 9.88 Å². The van der Waals surface area contributed by atoms with Crippen LogP contribution in [0.2, 0.25) is 0 Å². The van der Waals surface area contributed by atoms with Gasteiger partial charge in [-0.05, 0) is 0 Å². The first-order valence-corrected chi connectivity index (χ1v) is 6.85. The maximum absolute atomic E-state index is 12.8. The number of fused-ring (bicyclic) bond motifs is 1. The fourth-order valence-corrected chi connectivity index (χ4v) is 2.28. The van der Waals surface area contributed by atoms with E-state index >= 15 is 0 Å². The van der Waals surface area contributed by atoms with Gasteiger partial charge in [-0.3, -0.25) is 0 Å². The van der Waals surface area contributed by atoms with Gasteiger partial charge in [-0.15, -0.1) is 10.2 Å². The molecule has 0 aliphatic rings. The van der Waals surface area contributed by atoms with Crippen molar-refractivity contribution in [3.8, 4) is 0 Å². The third-order valence-electron chi connectivity index (χ3n) is 3.44. The number of halogens is 3. The molecule has 3 heterocycles. The van der Waals surface area contributed by atoms with Crippen LogP contribution in [0.5, 0.6) is 0 Å². The van der Waals surface area contributed by atoms with Gasteiger partial charge >= 0.3 is 6.18 Å². The number of aromatic nitrogens is 6. The number of alkyl halides is 3. The molecule has 23 heavy (non-hydrogen) atoms. The Balaban J connectivity index is 1.83. The Hall–Kier alpha value is -2.65. The van der Waals surface area contributed by atoms with E-state index in [9.17, 15) is 13.2 Å². The Morgan fingerprint density at radius 3 is 2.78 bits per heavy atom. The summed E-state index contributed by atoms with van der Waals surface area (Å²) in [4.78, 5) is 4.10. The zero-order valence-corrected chi connectivity index (χ0v) is 12.4. The maximum Gasteiger partial charge on any atom is 0.435 e. The number of rotatable bonds is 4. The standard InChI is InChI=1S/C13H14F3N7/c1-8(12-20-19-7-22(12)2)6-18-11-9-5-10(13(14,15)16)21-23(9)4-3-17-11/h3-5,7-8H,6H2,1-2H3,(H,17,18). The second-order valence-electron chi connectivity index (χ2n) is 5.21. The van der Waals surface area contributed by atoms with E-state index < -0.39 is 11.9 Å². The number of aryl methyl sites for hydroxylation is 1. The summed E-state index contributed by atoms with van der Waals surface area (Å²) in [5, 5.41) is 14.4. The molecular weight excluding hydrogens is 311 g/mol. The Morgan fingerprint density at radius 1 is 1.35 bits per heavy atom. The highest BCUT2D eigenvalue weighted by molar-refractivity contribution is 5.68. The average molecular weight is 325 g/mol. The molecule has 0 saturated carbocycles. The van der Waals surface area contributed by atoms with E-state index in [2.05, 4.69) is 25.6 Å². The van der Waals surface area contributed by atoms with E-state index in [1.807, 2.05) is 14.0 Å². The van der Waals surface area contributed by atoms with Gasteiger partial charge in [-0.25, -0.2) is 9.50 Å². The van der Waals surface area contributed by atoms with Gasteiger partial charge in [0.25, 0.3) is 0 Å². The molecule has 0 aliphatic carbocycles. The smallest absolute Gasteiger partial charge is 0.368 e. The van der Waals surface area contributed by atoms with Crippen LogP contribution in [0, 0.1) is 0 Å². The normalized spacial score (nSPS) is 13.4. The zero-order chi connectivity index (χ0) is 16.6. The van der Waals surface area contributed by atoms with E-state index in [1.165, 1.54) is 12.4 Å². The van der Waals surface area contributed by atoms with Crippen LogP contribution >= 0.6 is 0 Å². The van der Waals surface area contributed by atoms with E-state index in [1.54, 1.807) is 10.9 Å². The predicted octanol–water partition coefficient (Wildman–Crippen LogP) is 2.09. The van der Waals surface area contributed by atoms with Crippen LogP contribution in [0.15, 0.2) is 24.8 Å². The quantitative estimate of drug-likeness (QED) is 0.795. The first-order chi connectivity index (χ1) is 10.9. The lowest BCUT2D eigenvalue weighted by Crippen LogP contribution is -2.14. The molecule has 0 amide bonds. The molecule has 3 rings (SSSR count). The van der Waals surface area contributed by atoms with Gasteiger partial charge in [0.1, 0.15) is 17.7 Å². The lowest BCUT2D eigenvalue weighted by Gasteiger charge is -2.12. The molecule has 0 spiro atoms. The molecule has 122 valence electrons. The molecular formula is C13H14F3N7. The Morgan fingerprint density at radius 2 is 2.13 bits per heavy atom. The summed E-state index contributed by atoms with van der Waals surface area (Å²) < 4.78 is 41.3. The lowest BCUT2D eigenvalue weighted by atomic mass is 10.1. The number of hydrogen-bond donors (Lipinski definition) is 1. The number of hydrogen-bond acceptors (Lipinski definition) is 5. The van der Waals surface area contributed by atoms with E-state index in [0.29, 0.717) is 12.4 Å². The van der Waals surface area contributed by atoms with E-state index in [4.69, 9.17) is 0 Å². The van der Waals surface area contributed by atoms with Crippen LogP contribution in [0.3, 0.4) is 0 Å². The molecule has 1 atom stereocenters. The summed E-state index contributed by atoms with van der Waals surface area (Å²) in [6.45, 7) is 2.39. The largest absolute Gasteiger partial charge is 0.435 e. The van der Waals surface area contributed by atoms with E-state index in [0.717, 1.165) is 16.4 Å². The van der Waals surface area contributed by atoms with Gasteiger partial charge in [-0.2, -0.15) is 18.3 Å². The second kappa shape index (κ2) is 5.52. The number of anilines is 1. The number of nitrogens with one attached hydrogen (secondary N) is 1. The van der Waals surface area contributed by atoms with Crippen LogP contribution in [0.4, 0.5) is 19.0 Å². The van der Waals surface area contributed by atoms with Crippen molar-refractivity contribution in [3.63, 3.8) is 0 Å². The lowest BCUT2D eigenvalue weighted by molar-refractivity contribution is -0.141. The van der Waals surface area contributed by atoms with Crippen molar-refractivity contribution in [2.45, 2.75) is 19.0 Å². The monoisotopic (exact) mass is 325 g/mol. The van der Waals surface area contributed by atoms with Crippen molar-refractivity contribution in [3.05, 3.63) is 36.3 Å². The Bertz CT molecular complexity index is 820. The average Bonchev–Trinajstić information content (AvgIpc) is 3.10. The van der Waals surface area contributed by atoms with Crippen molar-refractivity contribution < 1.29 is 13.2 Å². The van der Waals surface area contributed by atoms with Crippen molar-refractivity contribution >= 4 is 11.3 Å². The van der Waals surface area contributed by atoms with Gasteiger partial charge in [-0.1, -0.05) is 6.92 Å². The topological polar surface area (TPSA) is 72.9 Å².